The topological polar surface area (TPSA) is 72.8 Å². The molecule has 0 saturated carbocycles. The molecule has 0 aliphatic heterocycles. The van der Waals surface area contributed by atoms with Gasteiger partial charge in [-0.15, -0.1) is 0 Å². The Hall–Kier alpha value is -3.51. The first-order chi connectivity index (χ1) is 14.2. The summed E-state index contributed by atoms with van der Waals surface area (Å²) in [4.78, 5) is 4.81. The summed E-state index contributed by atoms with van der Waals surface area (Å²) in [6.07, 6.45) is 0. The maximum absolute atomic E-state index is 9.47. The summed E-state index contributed by atoms with van der Waals surface area (Å²) >= 11 is 0. The van der Waals surface area contributed by atoms with Crippen LogP contribution < -0.4 is 19.5 Å². The second-order valence-corrected chi connectivity index (χ2v) is 6.58. The van der Waals surface area contributed by atoms with E-state index < -0.39 is 0 Å². The zero-order chi connectivity index (χ0) is 20.4. The summed E-state index contributed by atoms with van der Waals surface area (Å²) in [5.41, 5.74) is 4.16. The molecule has 1 heterocycles. The quantitative estimate of drug-likeness (QED) is 0.467. The normalized spacial score (nSPS) is 10.9. The summed E-state index contributed by atoms with van der Waals surface area (Å²) in [5, 5.41) is 14.8. The van der Waals surface area contributed by atoms with E-state index in [1.165, 1.54) is 0 Å². The number of pyridine rings is 1. The van der Waals surface area contributed by atoms with Crippen molar-refractivity contribution in [2.75, 3.05) is 26.6 Å². The van der Waals surface area contributed by atoms with Crippen LogP contribution in [0.2, 0.25) is 0 Å². The molecule has 0 fully saturated rings. The Morgan fingerprint density at radius 1 is 0.828 bits per heavy atom. The van der Waals surface area contributed by atoms with Crippen molar-refractivity contribution in [2.45, 2.75) is 6.61 Å². The number of hydrogen-bond donors (Lipinski definition) is 2. The van der Waals surface area contributed by atoms with E-state index in [2.05, 4.69) is 5.32 Å². The summed E-state index contributed by atoms with van der Waals surface area (Å²) < 4.78 is 16.3. The predicted molar refractivity (Wildman–Crippen MR) is 115 cm³/mol. The van der Waals surface area contributed by atoms with Crippen molar-refractivity contribution in [1.29, 1.82) is 0 Å². The molecule has 4 rings (SSSR count). The molecule has 0 aliphatic carbocycles. The summed E-state index contributed by atoms with van der Waals surface area (Å²) in [7, 11) is 4.85. The number of anilines is 2. The molecule has 0 saturated heterocycles. The molecule has 0 radical (unpaired) electrons. The van der Waals surface area contributed by atoms with Crippen molar-refractivity contribution in [3.05, 3.63) is 60.2 Å². The summed E-state index contributed by atoms with van der Waals surface area (Å²) in [6, 6.07) is 17.2. The van der Waals surface area contributed by atoms with Gasteiger partial charge in [-0.05, 0) is 35.9 Å². The highest BCUT2D eigenvalue weighted by Gasteiger charge is 2.15. The Balaban J connectivity index is 2.00. The lowest BCUT2D eigenvalue weighted by Gasteiger charge is -2.16. The lowest BCUT2D eigenvalue weighted by Crippen LogP contribution is -1.98. The number of nitrogens with zero attached hydrogens (tertiary/aromatic N) is 1. The smallest absolute Gasteiger partial charge is 0.162 e. The fourth-order valence-corrected chi connectivity index (χ4v) is 3.40. The van der Waals surface area contributed by atoms with Crippen molar-refractivity contribution in [3.63, 3.8) is 0 Å². The number of benzene rings is 3. The summed E-state index contributed by atoms with van der Waals surface area (Å²) in [6.45, 7) is -0.0183. The second-order valence-electron chi connectivity index (χ2n) is 6.58. The Kier molecular flexibility index (Phi) is 5.10. The van der Waals surface area contributed by atoms with E-state index in [4.69, 9.17) is 19.2 Å². The van der Waals surface area contributed by atoms with Crippen molar-refractivity contribution in [1.82, 2.24) is 4.98 Å². The van der Waals surface area contributed by atoms with Gasteiger partial charge < -0.3 is 24.6 Å². The molecule has 6 heteroatoms. The van der Waals surface area contributed by atoms with Gasteiger partial charge in [0, 0.05) is 28.6 Å². The van der Waals surface area contributed by atoms with Crippen LogP contribution in [0, 0.1) is 0 Å². The Bertz CT molecular complexity index is 1190. The summed E-state index contributed by atoms with van der Waals surface area (Å²) in [5.74, 6) is 1.97. The number of aliphatic hydroxyl groups is 1. The van der Waals surface area contributed by atoms with E-state index in [9.17, 15) is 5.11 Å². The number of nitrogens with one attached hydrogen (secondary N) is 1. The fraction of sp³-hybridized carbons (Fsp3) is 0.174. The van der Waals surface area contributed by atoms with Crippen molar-refractivity contribution >= 4 is 33.2 Å². The van der Waals surface area contributed by atoms with Gasteiger partial charge in [-0.25, -0.2) is 4.98 Å². The van der Waals surface area contributed by atoms with Crippen LogP contribution >= 0.6 is 0 Å². The largest absolute Gasteiger partial charge is 0.497 e. The number of aromatic nitrogens is 1. The highest BCUT2D eigenvalue weighted by Crippen LogP contribution is 2.39. The molecular weight excluding hydrogens is 368 g/mol. The highest BCUT2D eigenvalue weighted by atomic mass is 16.5. The average Bonchev–Trinajstić information content (AvgIpc) is 2.77. The zero-order valence-corrected chi connectivity index (χ0v) is 16.5. The van der Waals surface area contributed by atoms with Gasteiger partial charge in [-0.1, -0.05) is 12.1 Å². The van der Waals surface area contributed by atoms with Crippen LogP contribution in [0.15, 0.2) is 54.6 Å². The molecule has 0 amide bonds. The van der Waals surface area contributed by atoms with E-state index >= 15 is 0 Å². The first kappa shape index (κ1) is 18.8. The molecule has 148 valence electrons. The Labute approximate surface area is 168 Å². The SMILES string of the molecule is COc1ccc2c(Nc3cccc(CO)c3)c3cc(OC)c(OC)cc3nc2c1. The highest BCUT2D eigenvalue weighted by molar-refractivity contribution is 6.09. The first-order valence-electron chi connectivity index (χ1n) is 9.17. The van der Waals surface area contributed by atoms with Crippen LogP contribution in [0.5, 0.6) is 17.2 Å². The number of ether oxygens (including phenoxy) is 3. The van der Waals surface area contributed by atoms with Gasteiger partial charge >= 0.3 is 0 Å². The van der Waals surface area contributed by atoms with Crippen molar-refractivity contribution in [2.24, 2.45) is 0 Å². The lowest BCUT2D eigenvalue weighted by molar-refractivity contribution is 0.282. The van der Waals surface area contributed by atoms with E-state index in [-0.39, 0.29) is 6.61 Å². The molecule has 6 nitrogen and oxygen atoms in total. The van der Waals surface area contributed by atoms with E-state index in [0.29, 0.717) is 11.5 Å². The Morgan fingerprint density at radius 3 is 2.31 bits per heavy atom. The van der Waals surface area contributed by atoms with E-state index in [1.54, 1.807) is 21.3 Å². The van der Waals surface area contributed by atoms with Gasteiger partial charge in [0.1, 0.15) is 5.75 Å². The molecule has 0 unspecified atom stereocenters. The van der Waals surface area contributed by atoms with Crippen molar-refractivity contribution < 1.29 is 19.3 Å². The van der Waals surface area contributed by atoms with Crippen LogP contribution in [-0.4, -0.2) is 31.4 Å². The molecule has 0 aliphatic rings. The number of rotatable bonds is 6. The van der Waals surface area contributed by atoms with Gasteiger partial charge in [-0.2, -0.15) is 0 Å². The van der Waals surface area contributed by atoms with Crippen LogP contribution in [0.4, 0.5) is 11.4 Å². The lowest BCUT2D eigenvalue weighted by atomic mass is 10.1. The molecule has 4 aromatic rings. The Morgan fingerprint density at radius 2 is 1.59 bits per heavy atom. The molecule has 1 aromatic heterocycles. The van der Waals surface area contributed by atoms with E-state index in [1.807, 2.05) is 54.6 Å². The van der Waals surface area contributed by atoms with Gasteiger partial charge in [0.05, 0.1) is 44.7 Å². The molecule has 2 N–H and O–H groups in total. The third kappa shape index (κ3) is 3.50. The molecule has 0 atom stereocenters. The van der Waals surface area contributed by atoms with Gasteiger partial charge in [-0.3, -0.25) is 0 Å². The second kappa shape index (κ2) is 7.85. The molecular formula is C23H22N2O4. The monoisotopic (exact) mass is 390 g/mol. The standard InChI is InChI=1S/C23H22N2O4/c1-27-16-7-8-17-19(10-16)25-20-12-22(29-3)21(28-2)11-18(20)23(17)24-15-6-4-5-14(9-15)13-26/h4-12,26H,13H2,1-3H3,(H,24,25). The number of hydrogen-bond acceptors (Lipinski definition) is 6. The first-order valence-corrected chi connectivity index (χ1v) is 9.17. The third-order valence-electron chi connectivity index (χ3n) is 4.87. The maximum atomic E-state index is 9.47. The van der Waals surface area contributed by atoms with Gasteiger partial charge in [0.25, 0.3) is 0 Å². The fourth-order valence-electron chi connectivity index (χ4n) is 3.40. The van der Waals surface area contributed by atoms with Crippen LogP contribution in [-0.2, 0) is 6.61 Å². The predicted octanol–water partition coefficient (Wildman–Crippen LogP) is 4.65. The minimum atomic E-state index is -0.0183. The minimum absolute atomic E-state index is 0.0183. The van der Waals surface area contributed by atoms with Crippen LogP contribution in [0.25, 0.3) is 21.8 Å². The van der Waals surface area contributed by atoms with Crippen LogP contribution in [0.3, 0.4) is 0 Å². The van der Waals surface area contributed by atoms with Gasteiger partial charge in [0.15, 0.2) is 11.5 Å². The average molecular weight is 390 g/mol. The number of methoxy groups -OCH3 is 3. The molecule has 0 bridgehead atoms. The zero-order valence-electron chi connectivity index (χ0n) is 16.5. The molecule has 3 aromatic carbocycles. The minimum Gasteiger partial charge on any atom is -0.497 e. The van der Waals surface area contributed by atoms with Crippen molar-refractivity contribution in [3.8, 4) is 17.2 Å². The third-order valence-corrected chi connectivity index (χ3v) is 4.87. The molecule has 29 heavy (non-hydrogen) atoms. The van der Waals surface area contributed by atoms with Gasteiger partial charge in [0.2, 0.25) is 0 Å². The number of fused-ring (bicyclic) bond motifs is 2. The van der Waals surface area contributed by atoms with Crippen LogP contribution in [0.1, 0.15) is 5.56 Å². The maximum Gasteiger partial charge on any atom is 0.162 e. The van der Waals surface area contributed by atoms with E-state index in [0.717, 1.165) is 44.5 Å². The molecule has 0 spiro atoms. The number of aliphatic hydroxyl groups excluding tert-OH is 1.